The number of nitrogens with zero attached hydrogens (tertiary/aromatic N) is 7. The fourth-order valence-corrected chi connectivity index (χ4v) is 6.14. The van der Waals surface area contributed by atoms with Crippen LogP contribution in [0.4, 0.5) is 19.4 Å². The summed E-state index contributed by atoms with van der Waals surface area (Å²) < 4.78 is 38.6. The number of rotatable bonds is 4. The second-order valence-electron chi connectivity index (χ2n) is 12.5. The number of likely N-dealkylation sites (tertiary alicyclic amines) is 1. The Bertz CT molecular complexity index is 2070. The highest BCUT2D eigenvalue weighted by Crippen LogP contribution is 2.36. The van der Waals surface area contributed by atoms with Crippen molar-refractivity contribution in [3.05, 3.63) is 75.1 Å². The summed E-state index contributed by atoms with van der Waals surface area (Å²) in [6, 6.07) is 6.84. The lowest BCUT2D eigenvalue weighted by atomic mass is 10.0. The number of benzene rings is 2. The van der Waals surface area contributed by atoms with E-state index in [0.717, 1.165) is 0 Å². The number of nitrogens with two attached hydrogens (primary N) is 1. The van der Waals surface area contributed by atoms with Crippen LogP contribution in [-0.4, -0.2) is 59.0 Å². The molecule has 1 aliphatic heterocycles. The molecule has 11 nitrogen and oxygen atoms in total. The molecule has 0 bridgehead atoms. The van der Waals surface area contributed by atoms with Gasteiger partial charge in [-0.25, -0.2) is 33.2 Å². The van der Waals surface area contributed by atoms with Gasteiger partial charge in [-0.05, 0) is 71.2 Å². The van der Waals surface area contributed by atoms with Gasteiger partial charge in [0.15, 0.2) is 17.3 Å². The normalized spacial score (nSPS) is 15.1. The van der Waals surface area contributed by atoms with E-state index in [1.807, 2.05) is 20.8 Å². The highest BCUT2D eigenvalue weighted by atomic mass is 35.5. The minimum Gasteiger partial charge on any atom is -0.444 e. The lowest BCUT2D eigenvalue weighted by molar-refractivity contribution is 0.0186. The number of hydrogen-bond donors (Lipinski definition) is 1. The maximum Gasteiger partial charge on any atom is 0.410 e. The van der Waals surface area contributed by atoms with Gasteiger partial charge in [-0.1, -0.05) is 23.7 Å². The first-order valence-corrected chi connectivity index (χ1v) is 15.3. The van der Waals surface area contributed by atoms with E-state index >= 15 is 4.39 Å². The highest BCUT2D eigenvalue weighted by Gasteiger charge is 2.32. The molecular weight excluding hydrogens is 618 g/mol. The van der Waals surface area contributed by atoms with E-state index in [2.05, 4.69) is 15.1 Å². The number of halogens is 3. The van der Waals surface area contributed by atoms with E-state index < -0.39 is 29.4 Å². The zero-order valence-electron chi connectivity index (χ0n) is 26.0. The van der Waals surface area contributed by atoms with Crippen LogP contribution >= 0.6 is 11.6 Å². The van der Waals surface area contributed by atoms with Gasteiger partial charge in [0.2, 0.25) is 0 Å². The number of fused-ring (bicyclic) bond motifs is 2. The first-order chi connectivity index (χ1) is 21.8. The average molecular weight is 651 g/mol. The summed E-state index contributed by atoms with van der Waals surface area (Å²) in [6.07, 6.45) is 1.74. The van der Waals surface area contributed by atoms with Crippen molar-refractivity contribution in [3.8, 4) is 11.3 Å². The SMILES string of the molecule is Cc1ccc(-c2nn(C(C)c3nc4cccc(Cl)c4c(=O)n3C3CCN(C(=O)OC(C)(C)C)CC3)c3ncnc(N)c23)c(F)c1F. The molecule has 5 aromatic rings. The van der Waals surface area contributed by atoms with E-state index in [9.17, 15) is 14.0 Å². The zero-order valence-corrected chi connectivity index (χ0v) is 26.8. The van der Waals surface area contributed by atoms with Crippen LogP contribution in [0, 0.1) is 18.6 Å². The number of carbonyl (C=O) groups excluding carboxylic acids is 1. The molecule has 1 aliphatic rings. The summed E-state index contributed by atoms with van der Waals surface area (Å²) in [4.78, 5) is 42.0. The van der Waals surface area contributed by atoms with Crippen LogP contribution in [0.3, 0.4) is 0 Å². The number of aromatic nitrogens is 6. The van der Waals surface area contributed by atoms with Gasteiger partial charge in [-0.3, -0.25) is 9.36 Å². The summed E-state index contributed by atoms with van der Waals surface area (Å²) in [5, 5.41) is 5.45. The van der Waals surface area contributed by atoms with Crippen molar-refractivity contribution in [2.24, 2.45) is 0 Å². The van der Waals surface area contributed by atoms with E-state index in [1.54, 1.807) is 34.6 Å². The van der Waals surface area contributed by atoms with Crippen molar-refractivity contribution in [2.45, 2.75) is 65.1 Å². The van der Waals surface area contributed by atoms with Crippen LogP contribution in [0.15, 0.2) is 41.5 Å². The second-order valence-corrected chi connectivity index (χ2v) is 12.9. The molecule has 2 aromatic carbocycles. The minimum absolute atomic E-state index is 0.0315. The van der Waals surface area contributed by atoms with Gasteiger partial charge in [0.1, 0.15) is 35.3 Å². The molecule has 1 amide bonds. The molecule has 0 aliphatic carbocycles. The van der Waals surface area contributed by atoms with Crippen molar-refractivity contribution in [1.82, 2.24) is 34.2 Å². The van der Waals surface area contributed by atoms with Gasteiger partial charge >= 0.3 is 6.09 Å². The van der Waals surface area contributed by atoms with E-state index in [0.29, 0.717) is 37.3 Å². The number of amides is 1. The van der Waals surface area contributed by atoms with Crippen LogP contribution in [0.5, 0.6) is 0 Å². The molecule has 1 atom stereocenters. The molecule has 2 N–H and O–H groups in total. The number of anilines is 1. The fourth-order valence-electron chi connectivity index (χ4n) is 5.89. The number of aryl methyl sites for hydroxylation is 1. The van der Waals surface area contributed by atoms with E-state index in [-0.39, 0.29) is 55.7 Å². The molecule has 240 valence electrons. The third-order valence-corrected chi connectivity index (χ3v) is 8.49. The third-order valence-electron chi connectivity index (χ3n) is 8.18. The molecular formula is C32H33ClF2N8O3. The standard InChI is InChI=1S/C32H33ClF2N8O3/c1-16-9-10-19(25(35)24(16)34)26-23-27(36)37-15-38-29(23)43(40-26)17(2)28-39-21-8-6-7-20(33)22(21)30(44)42(28)18-11-13-41(14-12-18)31(45)46-32(3,4)5/h6-10,15,17-18H,11-14H2,1-5H3,(H2,36,37,38). The minimum atomic E-state index is -1.07. The Morgan fingerprint density at radius 1 is 1.09 bits per heavy atom. The first-order valence-electron chi connectivity index (χ1n) is 14.9. The Labute approximate surface area is 268 Å². The number of nitrogen functional groups attached to an aromatic ring is 1. The third kappa shape index (κ3) is 5.42. The maximum atomic E-state index is 15.3. The van der Waals surface area contributed by atoms with Crippen LogP contribution in [-0.2, 0) is 4.74 Å². The molecule has 0 spiro atoms. The topological polar surface area (TPSA) is 134 Å². The van der Waals surface area contributed by atoms with Gasteiger partial charge in [-0.15, -0.1) is 0 Å². The van der Waals surface area contributed by atoms with Gasteiger partial charge in [-0.2, -0.15) is 5.10 Å². The van der Waals surface area contributed by atoms with Crippen molar-refractivity contribution in [3.63, 3.8) is 0 Å². The Morgan fingerprint density at radius 2 is 1.80 bits per heavy atom. The highest BCUT2D eigenvalue weighted by molar-refractivity contribution is 6.35. The monoisotopic (exact) mass is 650 g/mol. The molecule has 1 saturated heterocycles. The summed E-state index contributed by atoms with van der Waals surface area (Å²) in [5.74, 6) is -1.69. The smallest absolute Gasteiger partial charge is 0.410 e. The number of carbonyl (C=O) groups is 1. The van der Waals surface area contributed by atoms with Gasteiger partial charge in [0, 0.05) is 24.7 Å². The van der Waals surface area contributed by atoms with E-state index in [4.69, 9.17) is 27.1 Å². The van der Waals surface area contributed by atoms with Crippen molar-refractivity contribution >= 4 is 45.4 Å². The van der Waals surface area contributed by atoms with E-state index in [1.165, 1.54) is 30.1 Å². The first kappa shape index (κ1) is 31.3. The average Bonchev–Trinajstić information content (AvgIpc) is 3.39. The molecule has 1 fully saturated rings. The van der Waals surface area contributed by atoms with Gasteiger partial charge in [0.25, 0.3) is 5.56 Å². The fraction of sp³-hybridized carbons (Fsp3) is 0.375. The zero-order chi connectivity index (χ0) is 33.1. The molecule has 0 saturated carbocycles. The van der Waals surface area contributed by atoms with Crippen LogP contribution in [0.2, 0.25) is 5.02 Å². The van der Waals surface area contributed by atoms with Crippen molar-refractivity contribution < 1.29 is 18.3 Å². The molecule has 6 rings (SSSR count). The van der Waals surface area contributed by atoms with Gasteiger partial charge in [0.05, 0.1) is 21.3 Å². The van der Waals surface area contributed by atoms with Crippen LogP contribution in [0.1, 0.15) is 64.0 Å². The molecule has 3 aromatic heterocycles. The number of ether oxygens (including phenoxy) is 1. The van der Waals surface area contributed by atoms with Crippen molar-refractivity contribution in [1.29, 1.82) is 0 Å². The quantitative estimate of drug-likeness (QED) is 0.243. The Morgan fingerprint density at radius 3 is 2.50 bits per heavy atom. The predicted molar refractivity (Wildman–Crippen MR) is 171 cm³/mol. The number of hydrogen-bond acceptors (Lipinski definition) is 8. The Hall–Kier alpha value is -4.65. The Kier molecular flexibility index (Phi) is 7.91. The molecule has 46 heavy (non-hydrogen) atoms. The maximum absolute atomic E-state index is 15.3. The van der Waals surface area contributed by atoms with Crippen molar-refractivity contribution in [2.75, 3.05) is 18.8 Å². The molecule has 14 heteroatoms. The summed E-state index contributed by atoms with van der Waals surface area (Å²) in [6.45, 7) is 9.39. The molecule has 1 unspecified atom stereocenters. The largest absolute Gasteiger partial charge is 0.444 e. The lowest BCUT2D eigenvalue weighted by Gasteiger charge is -2.35. The molecule has 0 radical (unpaired) electrons. The lowest BCUT2D eigenvalue weighted by Crippen LogP contribution is -2.44. The predicted octanol–water partition coefficient (Wildman–Crippen LogP) is 6.21. The summed E-state index contributed by atoms with van der Waals surface area (Å²) >= 11 is 6.52. The second kappa shape index (κ2) is 11.6. The summed E-state index contributed by atoms with van der Waals surface area (Å²) in [7, 11) is 0. The summed E-state index contributed by atoms with van der Waals surface area (Å²) in [5.41, 5.74) is 6.00. The van der Waals surface area contributed by atoms with Crippen LogP contribution in [0.25, 0.3) is 33.2 Å². The Balaban J connectivity index is 1.49. The van der Waals surface area contributed by atoms with Crippen LogP contribution < -0.4 is 11.3 Å². The number of piperidine rings is 1. The van der Waals surface area contributed by atoms with Gasteiger partial charge < -0.3 is 15.4 Å². The molecule has 4 heterocycles.